The van der Waals surface area contributed by atoms with E-state index in [1.165, 1.54) is 18.2 Å². The summed E-state index contributed by atoms with van der Waals surface area (Å²) in [6.45, 7) is 5.22. The monoisotopic (exact) mass is 250 g/mol. The third-order valence-corrected chi connectivity index (χ3v) is 3.06. The number of phenols is 2. The van der Waals surface area contributed by atoms with Crippen LogP contribution in [0.4, 0.5) is 0 Å². The van der Waals surface area contributed by atoms with Crippen LogP contribution in [0.1, 0.15) is 24.2 Å². The van der Waals surface area contributed by atoms with Crippen molar-refractivity contribution in [3.63, 3.8) is 0 Å². The van der Waals surface area contributed by atoms with Gasteiger partial charge in [-0.3, -0.25) is 4.79 Å². The van der Waals surface area contributed by atoms with Gasteiger partial charge in [0.15, 0.2) is 0 Å². The highest BCUT2D eigenvalue weighted by Crippen LogP contribution is 2.24. The summed E-state index contributed by atoms with van der Waals surface area (Å²) in [4.78, 5) is 14.0. The Labute approximate surface area is 106 Å². The fourth-order valence-corrected chi connectivity index (χ4v) is 2.36. The zero-order valence-corrected chi connectivity index (χ0v) is 10.6. The quantitative estimate of drug-likeness (QED) is 0.648. The Bertz CT molecular complexity index is 452. The minimum atomic E-state index is -0.247. The molecule has 98 valence electrons. The Balaban J connectivity index is 2.22. The van der Waals surface area contributed by atoms with E-state index in [4.69, 9.17) is 0 Å². The molecule has 5 heteroatoms. The zero-order chi connectivity index (χ0) is 13.3. The number of rotatable bonds is 1. The van der Waals surface area contributed by atoms with Crippen molar-refractivity contribution in [1.29, 1.82) is 0 Å². The van der Waals surface area contributed by atoms with E-state index in [1.54, 1.807) is 4.90 Å². The van der Waals surface area contributed by atoms with Crippen LogP contribution in [-0.2, 0) is 0 Å². The third-order valence-electron chi connectivity index (χ3n) is 3.06. The maximum absolute atomic E-state index is 12.3. The highest BCUT2D eigenvalue weighted by molar-refractivity contribution is 5.97. The van der Waals surface area contributed by atoms with Crippen molar-refractivity contribution in [2.45, 2.75) is 25.9 Å². The van der Waals surface area contributed by atoms with Crippen molar-refractivity contribution in [2.75, 3.05) is 13.1 Å². The number of nitrogens with one attached hydrogen (secondary N) is 1. The van der Waals surface area contributed by atoms with Crippen LogP contribution in [0.5, 0.6) is 11.5 Å². The van der Waals surface area contributed by atoms with E-state index in [9.17, 15) is 15.0 Å². The number of hydrogen-bond donors (Lipinski definition) is 3. The van der Waals surface area contributed by atoms with Crippen molar-refractivity contribution in [2.24, 2.45) is 0 Å². The fraction of sp³-hybridized carbons (Fsp3) is 0.462. The number of piperazine rings is 1. The standard InChI is InChI=1S/C13H18N2O3/c1-8-6-15(7-9(2)14-8)13(18)11-5-10(16)3-4-12(11)17/h3-5,8-9,14,16-17H,6-7H2,1-2H3. The molecule has 1 fully saturated rings. The van der Waals surface area contributed by atoms with Gasteiger partial charge in [0, 0.05) is 25.2 Å². The summed E-state index contributed by atoms with van der Waals surface area (Å²) < 4.78 is 0. The summed E-state index contributed by atoms with van der Waals surface area (Å²) in [5.41, 5.74) is 0.149. The van der Waals surface area contributed by atoms with Crippen molar-refractivity contribution >= 4 is 5.91 Å². The van der Waals surface area contributed by atoms with Crippen molar-refractivity contribution < 1.29 is 15.0 Å². The fourth-order valence-electron chi connectivity index (χ4n) is 2.36. The first-order chi connectivity index (χ1) is 8.47. The lowest BCUT2D eigenvalue weighted by atomic mass is 10.1. The molecule has 2 rings (SSSR count). The Hall–Kier alpha value is -1.75. The van der Waals surface area contributed by atoms with Crippen molar-refractivity contribution in [3.05, 3.63) is 23.8 Å². The number of aromatic hydroxyl groups is 2. The predicted molar refractivity (Wildman–Crippen MR) is 67.7 cm³/mol. The van der Waals surface area contributed by atoms with Crippen LogP contribution in [0.2, 0.25) is 0 Å². The van der Waals surface area contributed by atoms with Crippen molar-refractivity contribution in [1.82, 2.24) is 10.2 Å². The third kappa shape index (κ3) is 2.56. The molecule has 5 nitrogen and oxygen atoms in total. The summed E-state index contributed by atoms with van der Waals surface area (Å²) in [7, 11) is 0. The largest absolute Gasteiger partial charge is 0.508 e. The van der Waals surface area contributed by atoms with E-state index < -0.39 is 0 Å². The lowest BCUT2D eigenvalue weighted by Crippen LogP contribution is -2.55. The van der Waals surface area contributed by atoms with E-state index in [0.717, 1.165) is 0 Å². The number of nitrogens with zero attached hydrogens (tertiary/aromatic N) is 1. The first kappa shape index (κ1) is 12.7. The number of amides is 1. The molecule has 0 radical (unpaired) electrons. The van der Waals surface area contributed by atoms with Crippen LogP contribution >= 0.6 is 0 Å². The minimum absolute atomic E-state index is 0.0209. The number of carbonyl (C=O) groups excluding carboxylic acids is 1. The molecular formula is C13H18N2O3. The lowest BCUT2D eigenvalue weighted by Gasteiger charge is -2.36. The highest BCUT2D eigenvalue weighted by atomic mass is 16.3. The van der Waals surface area contributed by atoms with Crippen LogP contribution in [0.15, 0.2) is 18.2 Å². The van der Waals surface area contributed by atoms with E-state index in [0.29, 0.717) is 13.1 Å². The molecule has 1 heterocycles. The second-order valence-corrected chi connectivity index (χ2v) is 4.88. The van der Waals surface area contributed by atoms with Gasteiger partial charge in [-0.25, -0.2) is 0 Å². The average molecular weight is 250 g/mol. The molecule has 1 saturated heterocycles. The normalized spacial score (nSPS) is 24.0. The van der Waals surface area contributed by atoms with Crippen LogP contribution in [-0.4, -0.2) is 46.2 Å². The van der Waals surface area contributed by atoms with Gasteiger partial charge >= 0.3 is 0 Å². The van der Waals surface area contributed by atoms with E-state index in [1.807, 2.05) is 13.8 Å². The van der Waals surface area contributed by atoms with Gasteiger partial charge in [-0.2, -0.15) is 0 Å². The van der Waals surface area contributed by atoms with Gasteiger partial charge in [0.25, 0.3) is 5.91 Å². The maximum Gasteiger partial charge on any atom is 0.257 e. The SMILES string of the molecule is CC1CN(C(=O)c2cc(O)ccc2O)CC(C)N1. The van der Waals surface area contributed by atoms with Crippen LogP contribution < -0.4 is 5.32 Å². The van der Waals surface area contributed by atoms with Crippen LogP contribution in [0, 0.1) is 0 Å². The summed E-state index contributed by atoms with van der Waals surface area (Å²) >= 11 is 0. The van der Waals surface area contributed by atoms with Gasteiger partial charge in [0.1, 0.15) is 11.5 Å². The van der Waals surface area contributed by atoms with E-state index in [-0.39, 0.29) is 35.1 Å². The first-order valence-corrected chi connectivity index (χ1v) is 6.04. The highest BCUT2D eigenvalue weighted by Gasteiger charge is 2.27. The van der Waals surface area contributed by atoms with Crippen molar-refractivity contribution in [3.8, 4) is 11.5 Å². The molecule has 1 aromatic rings. The molecule has 3 N–H and O–H groups in total. The molecule has 1 aliphatic rings. The topological polar surface area (TPSA) is 72.8 Å². The second-order valence-electron chi connectivity index (χ2n) is 4.88. The Morgan fingerprint density at radius 2 is 1.89 bits per heavy atom. The average Bonchev–Trinajstić information content (AvgIpc) is 2.30. The molecule has 0 spiro atoms. The molecule has 0 bridgehead atoms. The van der Waals surface area contributed by atoms with Crippen LogP contribution in [0.25, 0.3) is 0 Å². The second kappa shape index (κ2) is 4.86. The van der Waals surface area contributed by atoms with E-state index >= 15 is 0 Å². The van der Waals surface area contributed by atoms with Gasteiger partial charge in [-0.05, 0) is 32.0 Å². The molecule has 1 amide bonds. The first-order valence-electron chi connectivity index (χ1n) is 6.04. The van der Waals surface area contributed by atoms with Gasteiger partial charge in [-0.15, -0.1) is 0 Å². The number of phenolic OH excluding ortho intramolecular Hbond substituents is 2. The Morgan fingerprint density at radius 3 is 2.50 bits per heavy atom. The molecule has 2 unspecified atom stereocenters. The zero-order valence-electron chi connectivity index (χ0n) is 10.6. The number of benzene rings is 1. The van der Waals surface area contributed by atoms with E-state index in [2.05, 4.69) is 5.32 Å². The van der Waals surface area contributed by atoms with Gasteiger partial charge in [0.2, 0.25) is 0 Å². The molecule has 2 atom stereocenters. The predicted octanol–water partition coefficient (Wildman–Crippen LogP) is 0.920. The van der Waals surface area contributed by atoms with Gasteiger partial charge in [-0.1, -0.05) is 0 Å². The molecule has 1 aromatic carbocycles. The molecular weight excluding hydrogens is 232 g/mol. The smallest absolute Gasteiger partial charge is 0.257 e. The molecule has 1 aliphatic heterocycles. The van der Waals surface area contributed by atoms with Gasteiger partial charge in [0.05, 0.1) is 5.56 Å². The summed E-state index contributed by atoms with van der Waals surface area (Å²) in [5, 5.41) is 22.4. The maximum atomic E-state index is 12.3. The Kier molecular flexibility index (Phi) is 3.43. The molecule has 0 aliphatic carbocycles. The molecule has 0 saturated carbocycles. The molecule has 0 aromatic heterocycles. The summed E-state index contributed by atoms with van der Waals surface area (Å²) in [6.07, 6.45) is 0. The van der Waals surface area contributed by atoms with Crippen LogP contribution in [0.3, 0.4) is 0 Å². The molecule has 18 heavy (non-hydrogen) atoms. The summed E-state index contributed by atoms with van der Waals surface area (Å²) in [6, 6.07) is 4.43. The number of hydrogen-bond acceptors (Lipinski definition) is 4. The summed E-state index contributed by atoms with van der Waals surface area (Å²) in [5.74, 6) is -0.368. The number of carbonyl (C=O) groups is 1. The Morgan fingerprint density at radius 1 is 1.28 bits per heavy atom. The van der Waals surface area contributed by atoms with Gasteiger partial charge < -0.3 is 20.4 Å². The minimum Gasteiger partial charge on any atom is -0.508 e. The lowest BCUT2D eigenvalue weighted by molar-refractivity contribution is 0.0670.